The van der Waals surface area contributed by atoms with Gasteiger partial charge in [0.2, 0.25) is 0 Å². The van der Waals surface area contributed by atoms with Gasteiger partial charge in [-0.3, -0.25) is 4.21 Å². The molecule has 0 spiro atoms. The van der Waals surface area contributed by atoms with Crippen LogP contribution in [-0.2, 0) is 10.8 Å². The molecule has 1 aromatic carbocycles. The van der Waals surface area contributed by atoms with Gasteiger partial charge in [-0.15, -0.1) is 0 Å². The third kappa shape index (κ3) is 4.13. The summed E-state index contributed by atoms with van der Waals surface area (Å²) < 4.78 is 47.8. The molecule has 100 valence electrons. The Hall–Kier alpha value is -0.275. The molecule has 2 N–H and O–H groups in total. The van der Waals surface area contributed by atoms with Gasteiger partial charge in [-0.05, 0) is 12.1 Å². The van der Waals surface area contributed by atoms with Crippen molar-refractivity contribution in [3.05, 3.63) is 22.2 Å². The second-order valence-corrected chi connectivity index (χ2v) is 5.52. The van der Waals surface area contributed by atoms with Gasteiger partial charge in [-0.2, -0.15) is 13.2 Å². The van der Waals surface area contributed by atoms with E-state index in [1.807, 2.05) is 0 Å². The third-order valence-electron chi connectivity index (χ3n) is 1.87. The van der Waals surface area contributed by atoms with Gasteiger partial charge >= 0.3 is 13.3 Å². The molecule has 0 bridgehead atoms. The fourth-order valence-corrected chi connectivity index (χ4v) is 2.87. The lowest BCUT2D eigenvalue weighted by molar-refractivity contribution is -0.105. The zero-order valence-corrected chi connectivity index (χ0v) is 10.9. The number of hydrogen-bond donors (Lipinski definition) is 2. The lowest BCUT2D eigenvalue weighted by atomic mass is 9.80. The molecule has 0 aromatic heterocycles. The van der Waals surface area contributed by atoms with Crippen molar-refractivity contribution in [2.75, 3.05) is 5.75 Å². The van der Waals surface area contributed by atoms with E-state index in [1.165, 1.54) is 0 Å². The van der Waals surface area contributed by atoms with E-state index in [2.05, 4.69) is 0 Å². The summed E-state index contributed by atoms with van der Waals surface area (Å²) in [5.41, 5.74) is -0.258. The standard InChI is InChI=1S/C8H6BCl2F3O3S/c10-5-2-6(11)7(1-4(5)9(15)16)18(17)3-8(12,13)14/h1-2,15-16H,3H2/t18-/m0/s1. The van der Waals surface area contributed by atoms with Crippen LogP contribution in [0.4, 0.5) is 13.2 Å². The first-order valence-corrected chi connectivity index (χ1v) is 6.49. The van der Waals surface area contributed by atoms with E-state index in [1.54, 1.807) is 0 Å². The molecule has 0 saturated heterocycles. The number of benzene rings is 1. The smallest absolute Gasteiger partial charge is 0.423 e. The van der Waals surface area contributed by atoms with E-state index in [0.29, 0.717) is 0 Å². The number of rotatable bonds is 3. The first-order chi connectivity index (χ1) is 8.11. The van der Waals surface area contributed by atoms with Gasteiger partial charge in [-0.25, -0.2) is 0 Å². The summed E-state index contributed by atoms with van der Waals surface area (Å²) in [6, 6.07) is 1.90. The molecule has 0 saturated carbocycles. The molecule has 0 fully saturated rings. The Morgan fingerprint density at radius 2 is 1.78 bits per heavy atom. The molecule has 0 amide bonds. The molecule has 1 rings (SSSR count). The maximum Gasteiger partial charge on any atom is 0.489 e. The van der Waals surface area contributed by atoms with Crippen molar-refractivity contribution in [1.29, 1.82) is 0 Å². The Balaban J connectivity index is 3.17. The summed E-state index contributed by atoms with van der Waals surface area (Å²) in [6.07, 6.45) is -4.62. The average molecular weight is 321 g/mol. The van der Waals surface area contributed by atoms with Crippen molar-refractivity contribution < 1.29 is 27.4 Å². The average Bonchev–Trinajstić information content (AvgIpc) is 2.13. The van der Waals surface area contributed by atoms with Gasteiger partial charge in [0.1, 0.15) is 5.75 Å². The topological polar surface area (TPSA) is 57.5 Å². The maximum atomic E-state index is 12.1. The molecule has 18 heavy (non-hydrogen) atoms. The normalized spacial score (nSPS) is 13.5. The largest absolute Gasteiger partial charge is 0.489 e. The zero-order valence-electron chi connectivity index (χ0n) is 8.54. The second kappa shape index (κ2) is 5.79. The Labute approximate surface area is 113 Å². The first kappa shape index (κ1) is 15.8. The lowest BCUT2D eigenvalue weighted by Gasteiger charge is -2.10. The molecule has 0 unspecified atom stereocenters. The van der Waals surface area contributed by atoms with Gasteiger partial charge in [0.25, 0.3) is 0 Å². The summed E-state index contributed by atoms with van der Waals surface area (Å²) in [6.45, 7) is 0. The van der Waals surface area contributed by atoms with Crippen LogP contribution in [0.25, 0.3) is 0 Å². The van der Waals surface area contributed by atoms with Gasteiger partial charge in [0, 0.05) is 10.5 Å². The third-order valence-corrected chi connectivity index (χ3v) is 4.04. The minimum Gasteiger partial charge on any atom is -0.423 e. The predicted octanol–water partition coefficient (Wildman–Crippen LogP) is 1.34. The fraction of sp³-hybridized carbons (Fsp3) is 0.250. The van der Waals surface area contributed by atoms with Crippen molar-refractivity contribution in [1.82, 2.24) is 0 Å². The van der Waals surface area contributed by atoms with Gasteiger partial charge < -0.3 is 10.0 Å². The summed E-state index contributed by atoms with van der Waals surface area (Å²) in [4.78, 5) is -0.346. The first-order valence-electron chi connectivity index (χ1n) is 4.42. The molecule has 10 heteroatoms. The second-order valence-electron chi connectivity index (χ2n) is 3.28. The van der Waals surface area contributed by atoms with E-state index in [0.717, 1.165) is 12.1 Å². The summed E-state index contributed by atoms with van der Waals surface area (Å²) in [5, 5.41) is 17.5. The van der Waals surface area contributed by atoms with Crippen LogP contribution in [0, 0.1) is 0 Å². The summed E-state index contributed by atoms with van der Waals surface area (Å²) >= 11 is 11.2. The van der Waals surface area contributed by atoms with Crippen LogP contribution >= 0.6 is 23.2 Å². The van der Waals surface area contributed by atoms with Crippen LogP contribution < -0.4 is 5.46 Å². The van der Waals surface area contributed by atoms with E-state index in [-0.39, 0.29) is 20.4 Å². The van der Waals surface area contributed by atoms with Crippen molar-refractivity contribution in [3.8, 4) is 0 Å². The van der Waals surface area contributed by atoms with Crippen LogP contribution in [0.3, 0.4) is 0 Å². The molecule has 0 aliphatic carbocycles. The van der Waals surface area contributed by atoms with Crippen molar-refractivity contribution >= 4 is 46.6 Å². The zero-order chi connectivity index (χ0) is 14.1. The minimum atomic E-state index is -4.62. The monoisotopic (exact) mass is 320 g/mol. The molecule has 1 atom stereocenters. The Kier molecular flexibility index (Phi) is 5.08. The Morgan fingerprint density at radius 3 is 2.22 bits per heavy atom. The molecule has 0 radical (unpaired) electrons. The number of hydrogen-bond acceptors (Lipinski definition) is 3. The minimum absolute atomic E-state index is 0.136. The van der Waals surface area contributed by atoms with E-state index >= 15 is 0 Å². The van der Waals surface area contributed by atoms with E-state index in [9.17, 15) is 17.4 Å². The highest BCUT2D eigenvalue weighted by atomic mass is 35.5. The molecule has 0 aliphatic heterocycles. The highest BCUT2D eigenvalue weighted by Crippen LogP contribution is 2.26. The highest BCUT2D eigenvalue weighted by molar-refractivity contribution is 7.85. The fourth-order valence-electron chi connectivity index (χ4n) is 1.14. The van der Waals surface area contributed by atoms with Gasteiger partial charge in [0.15, 0.2) is 0 Å². The van der Waals surface area contributed by atoms with Crippen molar-refractivity contribution in [2.24, 2.45) is 0 Å². The predicted molar refractivity (Wildman–Crippen MR) is 63.6 cm³/mol. The Bertz CT molecular complexity index is 481. The summed E-state index contributed by atoms with van der Waals surface area (Å²) in [5.74, 6) is -1.57. The number of alkyl halides is 3. The van der Waals surface area contributed by atoms with E-state index < -0.39 is 29.8 Å². The van der Waals surface area contributed by atoms with Gasteiger partial charge in [0.05, 0.1) is 20.7 Å². The van der Waals surface area contributed by atoms with Gasteiger partial charge in [-0.1, -0.05) is 23.2 Å². The highest BCUT2D eigenvalue weighted by Gasteiger charge is 2.32. The summed E-state index contributed by atoms with van der Waals surface area (Å²) in [7, 11) is -4.43. The Morgan fingerprint density at radius 1 is 1.22 bits per heavy atom. The quantitative estimate of drug-likeness (QED) is 0.826. The van der Waals surface area contributed by atoms with Crippen LogP contribution in [0.1, 0.15) is 0 Å². The SMILES string of the molecule is O=[S@@](CC(F)(F)F)c1cc(B(O)O)c(Cl)cc1Cl. The van der Waals surface area contributed by atoms with E-state index in [4.69, 9.17) is 33.2 Å². The maximum absolute atomic E-state index is 12.1. The molecule has 0 heterocycles. The molecular formula is C8H6BCl2F3O3S. The lowest BCUT2D eigenvalue weighted by Crippen LogP contribution is -2.31. The molecule has 3 nitrogen and oxygen atoms in total. The van der Waals surface area contributed by atoms with Crippen LogP contribution in [0.15, 0.2) is 17.0 Å². The van der Waals surface area contributed by atoms with Crippen LogP contribution in [0.2, 0.25) is 10.0 Å². The van der Waals surface area contributed by atoms with Crippen LogP contribution in [-0.4, -0.2) is 33.3 Å². The van der Waals surface area contributed by atoms with Crippen LogP contribution in [0.5, 0.6) is 0 Å². The molecule has 1 aromatic rings. The molecular weight excluding hydrogens is 315 g/mol. The van der Waals surface area contributed by atoms with Crippen molar-refractivity contribution in [2.45, 2.75) is 11.1 Å². The van der Waals surface area contributed by atoms with Crippen molar-refractivity contribution in [3.63, 3.8) is 0 Å². The molecule has 0 aliphatic rings. The number of halogens is 5.